The van der Waals surface area contributed by atoms with Crippen LogP contribution in [0.5, 0.6) is 0 Å². The summed E-state index contributed by atoms with van der Waals surface area (Å²) < 4.78 is 11.5. The first kappa shape index (κ1) is 22.0. The molecule has 2 aromatic rings. The van der Waals surface area contributed by atoms with E-state index in [0.29, 0.717) is 36.8 Å². The number of carbonyl (C=O) groups is 2. The third-order valence-corrected chi connectivity index (χ3v) is 2.95. The number of carbonyl (C=O) groups excluding carboxylic acids is 1. The van der Waals surface area contributed by atoms with Crippen molar-refractivity contribution in [3.8, 4) is 0 Å². The minimum atomic E-state index is -0.833. The van der Waals surface area contributed by atoms with E-state index in [1.807, 2.05) is 0 Å². The van der Waals surface area contributed by atoms with Crippen molar-refractivity contribution in [1.29, 1.82) is 0 Å². The smallest absolute Gasteiger partial charge is 0.481 e. The molecule has 4 N–H and O–H groups in total. The number of amides is 1. The van der Waals surface area contributed by atoms with Gasteiger partial charge in [0.05, 0.1) is 7.11 Å². The van der Waals surface area contributed by atoms with Crippen LogP contribution in [0.4, 0.5) is 0 Å². The first-order valence-corrected chi connectivity index (χ1v) is 7.85. The first-order chi connectivity index (χ1) is 12.8. The van der Waals surface area contributed by atoms with Crippen molar-refractivity contribution in [2.75, 3.05) is 20.3 Å². The molecule has 1 amide bonds. The van der Waals surface area contributed by atoms with E-state index in [9.17, 15) is 9.59 Å². The van der Waals surface area contributed by atoms with Gasteiger partial charge in [-0.15, -0.1) is 0 Å². The van der Waals surface area contributed by atoms with Crippen molar-refractivity contribution < 1.29 is 43.4 Å². The molecule has 0 saturated heterocycles. The summed E-state index contributed by atoms with van der Waals surface area (Å²) in [5.74, 6) is -0.962. The van der Waals surface area contributed by atoms with Crippen LogP contribution < -0.4 is 21.3 Å². The number of hydrogen-bond donors (Lipinski definition) is 3. The zero-order chi connectivity index (χ0) is 20.2. The summed E-state index contributed by atoms with van der Waals surface area (Å²) in [6.45, 7) is 3.69. The molecule has 11 nitrogen and oxygen atoms in total. The van der Waals surface area contributed by atoms with Crippen molar-refractivity contribution in [3.63, 3.8) is 0 Å². The zero-order valence-electron chi connectivity index (χ0n) is 15.3. The SMILES string of the molecule is CC(=O)O.CO[NH2+]OCCNC(=O)c1ccc[n+](Cc2oc(=O)oc2C)c1. The van der Waals surface area contributed by atoms with Crippen molar-refractivity contribution in [2.24, 2.45) is 0 Å². The number of hydrogen-bond acceptors (Lipinski definition) is 7. The van der Waals surface area contributed by atoms with E-state index in [0.717, 1.165) is 6.92 Å². The molecule has 0 atom stereocenters. The van der Waals surface area contributed by atoms with Crippen molar-refractivity contribution in [1.82, 2.24) is 5.32 Å². The quantitative estimate of drug-likeness (QED) is 0.290. The molecule has 0 aliphatic heterocycles. The molecule has 2 aromatic heterocycles. The zero-order valence-corrected chi connectivity index (χ0v) is 15.3. The van der Waals surface area contributed by atoms with E-state index in [1.54, 1.807) is 36.0 Å². The number of aryl methyl sites for hydroxylation is 1. The Hall–Kier alpha value is -3.02. The Balaban J connectivity index is 0.000000828. The summed E-state index contributed by atoms with van der Waals surface area (Å²) in [5.41, 5.74) is 1.68. The maximum absolute atomic E-state index is 12.0. The van der Waals surface area contributed by atoms with Crippen LogP contribution in [0.15, 0.2) is 38.2 Å². The van der Waals surface area contributed by atoms with Crippen molar-refractivity contribution in [2.45, 2.75) is 20.4 Å². The number of rotatable bonds is 8. The van der Waals surface area contributed by atoms with Gasteiger partial charge in [0.15, 0.2) is 18.2 Å². The molecule has 0 aromatic carbocycles. The van der Waals surface area contributed by atoms with Gasteiger partial charge in [-0.05, 0) is 13.0 Å². The van der Waals surface area contributed by atoms with Crippen molar-refractivity contribution >= 4 is 11.9 Å². The predicted molar refractivity (Wildman–Crippen MR) is 88.2 cm³/mol. The number of aliphatic carboxylic acids is 1. The summed E-state index contributed by atoms with van der Waals surface area (Å²) in [4.78, 5) is 41.7. The van der Waals surface area contributed by atoms with Crippen LogP contribution >= 0.6 is 0 Å². The molecule has 2 rings (SSSR count). The fraction of sp³-hybridized carbons (Fsp3) is 0.375. The standard InChI is InChI=1S/C14H18N3O6.C2H4O2/c1-10-12(23-14(19)22-10)9-17-6-3-4-11(8-17)13(18)15-5-7-21-16-20-2;1-2(3)4/h3-4,6,8H,5,7,9,16H2,1-2H3;1H3,(H,3,4)/q+1;/p+1. The van der Waals surface area contributed by atoms with Gasteiger partial charge in [-0.3, -0.25) is 9.59 Å². The Labute approximate surface area is 154 Å². The van der Waals surface area contributed by atoms with E-state index >= 15 is 0 Å². The lowest BCUT2D eigenvalue weighted by atomic mass is 10.2. The Kier molecular flexibility index (Phi) is 9.43. The molecular formula is C16H23N3O8+2. The second-order valence-corrected chi connectivity index (χ2v) is 5.18. The molecular weight excluding hydrogens is 362 g/mol. The molecule has 0 aliphatic rings. The number of nitrogens with one attached hydrogen (secondary N) is 1. The van der Waals surface area contributed by atoms with Gasteiger partial charge >= 0.3 is 5.82 Å². The lowest BCUT2D eigenvalue weighted by Crippen LogP contribution is -2.81. The van der Waals surface area contributed by atoms with Gasteiger partial charge in [0.25, 0.3) is 11.9 Å². The van der Waals surface area contributed by atoms with Crippen LogP contribution in [-0.2, 0) is 21.0 Å². The van der Waals surface area contributed by atoms with E-state index < -0.39 is 11.8 Å². The van der Waals surface area contributed by atoms with Crippen LogP contribution in [0.1, 0.15) is 28.8 Å². The maximum atomic E-state index is 12.0. The fourth-order valence-corrected chi connectivity index (χ4v) is 1.88. The Morgan fingerprint density at radius 1 is 1.37 bits per heavy atom. The van der Waals surface area contributed by atoms with Gasteiger partial charge in [0.2, 0.25) is 12.3 Å². The highest BCUT2D eigenvalue weighted by Gasteiger charge is 2.16. The van der Waals surface area contributed by atoms with Crippen LogP contribution in [0, 0.1) is 6.92 Å². The highest BCUT2D eigenvalue weighted by atomic mass is 16.9. The Morgan fingerprint density at radius 2 is 2.07 bits per heavy atom. The van der Waals surface area contributed by atoms with Crippen LogP contribution in [-0.4, -0.2) is 37.2 Å². The van der Waals surface area contributed by atoms with Gasteiger partial charge < -0.3 is 19.3 Å². The second kappa shape index (κ2) is 11.6. The second-order valence-electron chi connectivity index (χ2n) is 5.18. The van der Waals surface area contributed by atoms with Crippen LogP contribution in [0.2, 0.25) is 0 Å². The molecule has 2 heterocycles. The lowest BCUT2D eigenvalue weighted by Gasteiger charge is -2.03. The normalized spacial score (nSPS) is 10.0. The summed E-state index contributed by atoms with van der Waals surface area (Å²) in [6, 6.07) is 3.42. The van der Waals surface area contributed by atoms with Gasteiger partial charge in [-0.25, -0.2) is 4.79 Å². The number of carboxylic acids is 1. The highest BCUT2D eigenvalue weighted by Crippen LogP contribution is 2.04. The van der Waals surface area contributed by atoms with Crippen LogP contribution in [0.25, 0.3) is 0 Å². The van der Waals surface area contributed by atoms with E-state index in [-0.39, 0.29) is 5.91 Å². The van der Waals surface area contributed by atoms with Crippen LogP contribution in [0.3, 0.4) is 0 Å². The molecule has 0 unspecified atom stereocenters. The molecule has 0 radical (unpaired) electrons. The fourth-order valence-electron chi connectivity index (χ4n) is 1.88. The number of carboxylic acid groups (broad SMARTS) is 1. The number of quaternary nitrogens is 1. The van der Waals surface area contributed by atoms with E-state index in [1.165, 1.54) is 12.8 Å². The number of pyridine rings is 1. The highest BCUT2D eigenvalue weighted by molar-refractivity contribution is 5.93. The molecule has 148 valence electrons. The molecule has 0 spiro atoms. The molecule has 0 saturated carbocycles. The lowest BCUT2D eigenvalue weighted by molar-refractivity contribution is -1.06. The number of aromatic nitrogens is 1. The Bertz CT molecular complexity index is 795. The monoisotopic (exact) mass is 385 g/mol. The van der Waals surface area contributed by atoms with Gasteiger partial charge in [0, 0.05) is 19.5 Å². The van der Waals surface area contributed by atoms with Gasteiger partial charge in [0.1, 0.15) is 12.2 Å². The Morgan fingerprint density at radius 3 is 2.67 bits per heavy atom. The average molecular weight is 385 g/mol. The third kappa shape index (κ3) is 8.76. The third-order valence-electron chi connectivity index (χ3n) is 2.95. The molecule has 27 heavy (non-hydrogen) atoms. The average Bonchev–Trinajstić information content (AvgIpc) is 2.91. The molecule has 0 bridgehead atoms. The molecule has 0 fully saturated rings. The van der Waals surface area contributed by atoms with Gasteiger partial charge in [-0.1, -0.05) is 5.64 Å². The first-order valence-electron chi connectivity index (χ1n) is 7.85. The minimum absolute atomic E-state index is 0.231. The largest absolute Gasteiger partial charge is 0.519 e. The molecule has 11 heteroatoms. The topological polar surface area (TPSA) is 149 Å². The van der Waals surface area contributed by atoms with Crippen molar-refractivity contribution in [3.05, 3.63) is 52.2 Å². The van der Waals surface area contributed by atoms with E-state index in [4.69, 9.17) is 23.6 Å². The number of nitrogens with two attached hydrogens (primary N) is 1. The number of nitrogens with zero attached hydrogens (tertiary/aromatic N) is 1. The van der Waals surface area contributed by atoms with Gasteiger partial charge in [-0.2, -0.15) is 14.2 Å². The predicted octanol–water partition coefficient (Wildman–Crippen LogP) is -1.25. The summed E-state index contributed by atoms with van der Waals surface area (Å²) in [5, 5.41) is 10.1. The summed E-state index contributed by atoms with van der Waals surface area (Å²) in [6.07, 6.45) is 3.42. The summed E-state index contributed by atoms with van der Waals surface area (Å²) in [7, 11) is 1.48. The molecule has 0 aliphatic carbocycles. The summed E-state index contributed by atoms with van der Waals surface area (Å²) >= 11 is 0. The van der Waals surface area contributed by atoms with E-state index in [2.05, 4.69) is 10.2 Å². The minimum Gasteiger partial charge on any atom is -0.481 e. The maximum Gasteiger partial charge on any atom is 0.519 e.